The summed E-state index contributed by atoms with van der Waals surface area (Å²) in [6.45, 7) is 2.99. The van der Waals surface area contributed by atoms with Crippen molar-refractivity contribution in [3.63, 3.8) is 0 Å². The summed E-state index contributed by atoms with van der Waals surface area (Å²) in [6, 6.07) is 11.5. The summed E-state index contributed by atoms with van der Waals surface area (Å²) in [5, 5.41) is 14.1. The highest BCUT2D eigenvalue weighted by Crippen LogP contribution is 2.37. The predicted octanol–water partition coefficient (Wildman–Crippen LogP) is 4.35. The number of aliphatic carboxylic acids is 1. The second kappa shape index (κ2) is 9.29. The zero-order chi connectivity index (χ0) is 23.6. The second-order valence-corrected chi connectivity index (χ2v) is 8.27. The van der Waals surface area contributed by atoms with Gasteiger partial charge in [-0.15, -0.1) is 0 Å². The predicted molar refractivity (Wildman–Crippen MR) is 118 cm³/mol. The number of hydrogen-bond donors (Lipinski definition) is 1. The maximum absolute atomic E-state index is 13.3. The molecule has 4 rings (SSSR count). The lowest BCUT2D eigenvalue weighted by molar-refractivity contribution is -0.137. The summed E-state index contributed by atoms with van der Waals surface area (Å²) >= 11 is 0. The van der Waals surface area contributed by atoms with Gasteiger partial charge in [0.15, 0.2) is 0 Å². The highest BCUT2D eigenvalue weighted by Gasteiger charge is 2.48. The van der Waals surface area contributed by atoms with Crippen LogP contribution in [-0.4, -0.2) is 53.2 Å². The number of anilines is 2. The van der Waals surface area contributed by atoms with Gasteiger partial charge in [0, 0.05) is 38.0 Å². The fourth-order valence-electron chi connectivity index (χ4n) is 4.29. The molecule has 10 heteroatoms. The van der Waals surface area contributed by atoms with Gasteiger partial charge in [-0.1, -0.05) is 13.0 Å². The Morgan fingerprint density at radius 2 is 1.85 bits per heavy atom. The molecule has 2 atom stereocenters. The van der Waals surface area contributed by atoms with Crippen LogP contribution in [0.3, 0.4) is 0 Å². The molecular weight excluding hydrogens is 437 g/mol. The molecule has 2 aliphatic rings. The molecule has 0 saturated carbocycles. The van der Waals surface area contributed by atoms with Crippen LogP contribution < -0.4 is 14.6 Å². The summed E-state index contributed by atoms with van der Waals surface area (Å²) in [4.78, 5) is 17.8. The van der Waals surface area contributed by atoms with Gasteiger partial charge in [0.2, 0.25) is 0 Å². The monoisotopic (exact) mass is 462 g/mol. The molecule has 0 radical (unpaired) electrons. The quantitative estimate of drug-likeness (QED) is 0.688. The summed E-state index contributed by atoms with van der Waals surface area (Å²) in [5.74, 6) is -0.680. The average molecular weight is 462 g/mol. The molecule has 0 aliphatic carbocycles. The highest BCUT2D eigenvalue weighted by atomic mass is 19.4. The minimum atomic E-state index is -4.61. The number of alkyl halides is 3. The number of hydrazone groups is 1. The smallest absolute Gasteiger partial charge is 0.431 e. The normalized spacial score (nSPS) is 21.8. The standard InChI is InChI=1S/C23H25F3N4O3/c1-15-19(14-21(31)32)30(28-22(15)23(24,25)26)16-5-7-17(8-6-16)33-18-9-12-29(13-10-18)20-4-2-3-11-27-20/h2-8,11,15,18-19H,9-10,12-14H2,1H3,(H,31,32). The van der Waals surface area contributed by atoms with Crippen LogP contribution in [0.25, 0.3) is 0 Å². The SMILES string of the molecule is CC1C(C(F)(F)F)=NN(c2ccc(OC3CCN(c4ccccn4)CC3)cc2)C1CC(=O)O. The third kappa shape index (κ3) is 5.20. The number of benzene rings is 1. The molecule has 176 valence electrons. The third-order valence-corrected chi connectivity index (χ3v) is 6.03. The Hall–Kier alpha value is -3.30. The molecule has 2 aromatic rings. The molecule has 1 fully saturated rings. The number of piperidine rings is 1. The van der Waals surface area contributed by atoms with Crippen LogP contribution in [0.1, 0.15) is 26.2 Å². The van der Waals surface area contributed by atoms with Crippen LogP contribution in [0.5, 0.6) is 5.75 Å². The Bertz CT molecular complexity index is 990. The molecule has 0 bridgehead atoms. The number of carbonyl (C=O) groups is 1. The maximum Gasteiger partial charge on any atom is 0.431 e. The van der Waals surface area contributed by atoms with Gasteiger partial charge in [-0.2, -0.15) is 18.3 Å². The van der Waals surface area contributed by atoms with Crippen LogP contribution >= 0.6 is 0 Å². The minimum absolute atomic E-state index is 0.0252. The molecular formula is C23H25F3N4O3. The number of carboxylic acids is 1. The van der Waals surface area contributed by atoms with E-state index in [0.29, 0.717) is 11.4 Å². The maximum atomic E-state index is 13.3. The third-order valence-electron chi connectivity index (χ3n) is 6.03. The Morgan fingerprint density at radius 3 is 2.42 bits per heavy atom. The van der Waals surface area contributed by atoms with Crippen molar-refractivity contribution in [3.05, 3.63) is 48.7 Å². The second-order valence-electron chi connectivity index (χ2n) is 8.27. The van der Waals surface area contributed by atoms with Crippen LogP contribution in [0, 0.1) is 5.92 Å². The Kier molecular flexibility index (Phi) is 6.44. The fraction of sp³-hybridized carbons (Fsp3) is 0.435. The van der Waals surface area contributed by atoms with E-state index in [1.54, 1.807) is 30.5 Å². The summed E-state index contributed by atoms with van der Waals surface area (Å²) in [6.07, 6.45) is -1.63. The van der Waals surface area contributed by atoms with Gasteiger partial charge in [-0.3, -0.25) is 9.80 Å². The zero-order valence-electron chi connectivity index (χ0n) is 18.1. The van der Waals surface area contributed by atoms with Crippen molar-refractivity contribution in [1.82, 2.24) is 4.98 Å². The van der Waals surface area contributed by atoms with Crippen LogP contribution in [0.4, 0.5) is 24.7 Å². The van der Waals surface area contributed by atoms with E-state index in [1.165, 1.54) is 6.92 Å². The first-order valence-electron chi connectivity index (χ1n) is 10.8. The number of aromatic nitrogens is 1. The van der Waals surface area contributed by atoms with Gasteiger partial charge in [-0.25, -0.2) is 4.98 Å². The molecule has 3 heterocycles. The van der Waals surface area contributed by atoms with E-state index < -0.39 is 36.2 Å². The molecule has 0 spiro atoms. The van der Waals surface area contributed by atoms with E-state index in [0.717, 1.165) is 36.8 Å². The topological polar surface area (TPSA) is 78.3 Å². The summed E-state index contributed by atoms with van der Waals surface area (Å²) in [5.41, 5.74) is -0.571. The van der Waals surface area contributed by atoms with Gasteiger partial charge < -0.3 is 14.7 Å². The Labute approximate surface area is 189 Å². The lowest BCUT2D eigenvalue weighted by Gasteiger charge is -2.33. The number of halogens is 3. The number of rotatable bonds is 6. The number of pyridine rings is 1. The Balaban J connectivity index is 1.41. The molecule has 1 aromatic heterocycles. The molecule has 0 amide bonds. The van der Waals surface area contributed by atoms with E-state index in [4.69, 9.17) is 4.74 Å². The lowest BCUT2D eigenvalue weighted by atomic mass is 9.94. The number of carboxylic acid groups (broad SMARTS) is 1. The number of ether oxygens (including phenoxy) is 1. The van der Waals surface area contributed by atoms with Crippen molar-refractivity contribution in [2.24, 2.45) is 11.0 Å². The van der Waals surface area contributed by atoms with Gasteiger partial charge in [-0.05, 0) is 36.4 Å². The molecule has 2 aliphatic heterocycles. The first kappa shape index (κ1) is 22.9. The molecule has 33 heavy (non-hydrogen) atoms. The van der Waals surface area contributed by atoms with Crippen molar-refractivity contribution in [1.29, 1.82) is 0 Å². The van der Waals surface area contributed by atoms with Gasteiger partial charge >= 0.3 is 12.1 Å². The van der Waals surface area contributed by atoms with Crippen LogP contribution in [0.2, 0.25) is 0 Å². The van der Waals surface area contributed by atoms with Gasteiger partial charge in [0.05, 0.1) is 18.2 Å². The van der Waals surface area contributed by atoms with E-state index in [1.807, 2.05) is 18.2 Å². The van der Waals surface area contributed by atoms with Gasteiger partial charge in [0.25, 0.3) is 0 Å². The highest BCUT2D eigenvalue weighted by molar-refractivity contribution is 5.95. The Morgan fingerprint density at radius 1 is 1.15 bits per heavy atom. The molecule has 7 nitrogen and oxygen atoms in total. The van der Waals surface area contributed by atoms with E-state index >= 15 is 0 Å². The van der Waals surface area contributed by atoms with Crippen molar-refractivity contribution in [2.45, 2.75) is 44.5 Å². The molecule has 2 unspecified atom stereocenters. The van der Waals surface area contributed by atoms with Crippen molar-refractivity contribution in [2.75, 3.05) is 23.0 Å². The molecule has 1 aromatic carbocycles. The van der Waals surface area contributed by atoms with E-state index in [2.05, 4.69) is 15.0 Å². The van der Waals surface area contributed by atoms with Gasteiger partial charge in [0.1, 0.15) is 23.4 Å². The largest absolute Gasteiger partial charge is 0.490 e. The minimum Gasteiger partial charge on any atom is -0.490 e. The first-order chi connectivity index (χ1) is 15.7. The van der Waals surface area contributed by atoms with E-state index in [9.17, 15) is 23.1 Å². The zero-order valence-corrected chi connectivity index (χ0v) is 18.1. The average Bonchev–Trinajstić information content (AvgIpc) is 3.11. The first-order valence-corrected chi connectivity index (χ1v) is 10.8. The van der Waals surface area contributed by atoms with Crippen molar-refractivity contribution < 1.29 is 27.8 Å². The van der Waals surface area contributed by atoms with Crippen molar-refractivity contribution >= 4 is 23.2 Å². The van der Waals surface area contributed by atoms with Crippen molar-refractivity contribution in [3.8, 4) is 5.75 Å². The van der Waals surface area contributed by atoms with Crippen LogP contribution in [-0.2, 0) is 4.79 Å². The number of nitrogens with zero attached hydrogens (tertiary/aromatic N) is 4. The summed E-state index contributed by atoms with van der Waals surface area (Å²) in [7, 11) is 0. The van der Waals surface area contributed by atoms with Crippen LogP contribution in [0.15, 0.2) is 53.8 Å². The molecule has 1 N–H and O–H groups in total. The fourth-order valence-corrected chi connectivity index (χ4v) is 4.29. The summed E-state index contributed by atoms with van der Waals surface area (Å²) < 4.78 is 46.1. The molecule has 1 saturated heterocycles. The lowest BCUT2D eigenvalue weighted by Crippen LogP contribution is -2.38. The number of hydrogen-bond acceptors (Lipinski definition) is 6. The van der Waals surface area contributed by atoms with E-state index in [-0.39, 0.29) is 6.10 Å².